The van der Waals surface area contributed by atoms with Crippen LogP contribution in [0.15, 0.2) is 0 Å². The zero-order chi connectivity index (χ0) is 6.15. The SMILES string of the molecule is OC1O[13CH2][C@@H](O)[C@@H]1O. The number of rotatable bonds is 0. The normalized spacial score (nSPS) is 47.6. The van der Waals surface area contributed by atoms with Crippen molar-refractivity contribution in [2.24, 2.45) is 0 Å². The van der Waals surface area contributed by atoms with Crippen LogP contribution >= 0.6 is 0 Å². The van der Waals surface area contributed by atoms with E-state index in [-0.39, 0.29) is 6.61 Å². The van der Waals surface area contributed by atoms with Crippen molar-refractivity contribution in [3.63, 3.8) is 0 Å². The van der Waals surface area contributed by atoms with Crippen LogP contribution in [0.25, 0.3) is 0 Å². The number of aliphatic hydroxyl groups excluding tert-OH is 3. The Bertz CT molecular complexity index is 74.1. The monoisotopic (exact) mass is 121 g/mol. The molecule has 0 saturated carbocycles. The number of hydrogen-bond donors (Lipinski definition) is 3. The summed E-state index contributed by atoms with van der Waals surface area (Å²) in [5, 5.41) is 25.8. The van der Waals surface area contributed by atoms with Crippen LogP contribution < -0.4 is 0 Å². The average molecular weight is 121 g/mol. The average Bonchev–Trinajstić information content (AvgIpc) is 1.98. The van der Waals surface area contributed by atoms with Gasteiger partial charge in [-0.25, -0.2) is 0 Å². The second-order valence-electron chi connectivity index (χ2n) is 1.78. The Kier molecular flexibility index (Phi) is 1.48. The molecule has 0 aromatic rings. The van der Waals surface area contributed by atoms with Gasteiger partial charge in [0, 0.05) is 0 Å². The van der Waals surface area contributed by atoms with Gasteiger partial charge in [0.25, 0.3) is 0 Å². The first-order valence-corrected chi connectivity index (χ1v) is 2.37. The third-order valence-corrected chi connectivity index (χ3v) is 1.12. The third-order valence-electron chi connectivity index (χ3n) is 1.12. The molecule has 0 radical (unpaired) electrons. The van der Waals surface area contributed by atoms with E-state index < -0.39 is 18.5 Å². The van der Waals surface area contributed by atoms with Gasteiger partial charge in [0.05, 0.1) is 6.61 Å². The van der Waals surface area contributed by atoms with Gasteiger partial charge in [-0.05, 0) is 0 Å². The molecule has 1 unspecified atom stereocenters. The van der Waals surface area contributed by atoms with E-state index >= 15 is 0 Å². The Morgan fingerprint density at radius 2 is 1.88 bits per heavy atom. The van der Waals surface area contributed by atoms with Crippen LogP contribution in [0.5, 0.6) is 0 Å². The Morgan fingerprint density at radius 3 is 2.00 bits per heavy atom. The third kappa shape index (κ3) is 0.830. The van der Waals surface area contributed by atoms with Crippen molar-refractivity contribution in [3.05, 3.63) is 0 Å². The van der Waals surface area contributed by atoms with Gasteiger partial charge >= 0.3 is 0 Å². The van der Waals surface area contributed by atoms with Crippen LogP contribution in [0, 0.1) is 0 Å². The van der Waals surface area contributed by atoms with Crippen molar-refractivity contribution >= 4 is 0 Å². The quantitative estimate of drug-likeness (QED) is 0.326. The zero-order valence-corrected chi connectivity index (χ0v) is 4.19. The van der Waals surface area contributed by atoms with Gasteiger partial charge < -0.3 is 20.1 Å². The summed E-state index contributed by atoms with van der Waals surface area (Å²) in [6.07, 6.45) is -3.26. The molecule has 0 aliphatic carbocycles. The number of hydrogen-bond acceptors (Lipinski definition) is 4. The van der Waals surface area contributed by atoms with Crippen molar-refractivity contribution in [3.8, 4) is 0 Å². The molecule has 1 aliphatic rings. The van der Waals surface area contributed by atoms with Gasteiger partial charge in [0.1, 0.15) is 12.2 Å². The highest BCUT2D eigenvalue weighted by atomic mass is 16.7. The number of ether oxygens (including phenoxy) is 1. The van der Waals surface area contributed by atoms with Gasteiger partial charge in [-0.1, -0.05) is 0 Å². The second-order valence-corrected chi connectivity index (χ2v) is 1.78. The van der Waals surface area contributed by atoms with Crippen LogP contribution in [-0.2, 0) is 4.74 Å². The fourth-order valence-corrected chi connectivity index (χ4v) is 0.584. The predicted molar refractivity (Wildman–Crippen MR) is 24.0 cm³/mol. The van der Waals surface area contributed by atoms with Crippen molar-refractivity contribution in [2.75, 3.05) is 6.61 Å². The van der Waals surface area contributed by atoms with E-state index in [4.69, 9.17) is 15.3 Å². The lowest BCUT2D eigenvalue weighted by Crippen LogP contribution is -2.29. The summed E-state index contributed by atoms with van der Waals surface area (Å²) in [4.78, 5) is 0. The minimum atomic E-state index is -1.20. The van der Waals surface area contributed by atoms with Gasteiger partial charge in [0.2, 0.25) is 0 Å². The lowest BCUT2D eigenvalue weighted by molar-refractivity contribution is -0.111. The number of aliphatic hydroxyl groups is 3. The molecule has 0 aromatic heterocycles. The zero-order valence-electron chi connectivity index (χ0n) is 4.19. The van der Waals surface area contributed by atoms with Gasteiger partial charge in [-0.2, -0.15) is 0 Å². The lowest BCUT2D eigenvalue weighted by atomic mass is 10.3. The van der Waals surface area contributed by atoms with Crippen molar-refractivity contribution in [1.29, 1.82) is 0 Å². The first-order chi connectivity index (χ1) is 3.72. The van der Waals surface area contributed by atoms with Crippen LogP contribution in [0.3, 0.4) is 0 Å². The van der Waals surface area contributed by atoms with E-state index in [1.54, 1.807) is 0 Å². The molecule has 48 valence electrons. The van der Waals surface area contributed by atoms with Crippen molar-refractivity contribution in [2.45, 2.75) is 18.5 Å². The maximum atomic E-state index is 8.64. The summed E-state index contributed by atoms with van der Waals surface area (Å²) in [5.41, 5.74) is 0. The molecule has 1 heterocycles. The summed E-state index contributed by atoms with van der Waals surface area (Å²) >= 11 is 0. The molecule has 1 saturated heterocycles. The second kappa shape index (κ2) is 1.99. The van der Waals surface area contributed by atoms with Crippen LogP contribution in [0.4, 0.5) is 0 Å². The first kappa shape index (κ1) is 5.97. The molecule has 1 aliphatic heterocycles. The largest absolute Gasteiger partial charge is 0.388 e. The van der Waals surface area contributed by atoms with Crippen molar-refractivity contribution in [1.82, 2.24) is 0 Å². The van der Waals surface area contributed by atoms with Crippen LogP contribution in [-0.4, -0.2) is 40.4 Å². The smallest absolute Gasteiger partial charge is 0.183 e. The maximum Gasteiger partial charge on any atom is 0.183 e. The Morgan fingerprint density at radius 1 is 1.25 bits per heavy atom. The van der Waals surface area contributed by atoms with E-state index in [0.717, 1.165) is 0 Å². The minimum absolute atomic E-state index is 0.0162. The molecule has 0 amide bonds. The van der Waals surface area contributed by atoms with E-state index in [9.17, 15) is 0 Å². The Hall–Kier alpha value is -0.160. The molecule has 0 bridgehead atoms. The molecule has 1 fully saturated rings. The van der Waals surface area contributed by atoms with Gasteiger partial charge in [-0.15, -0.1) is 0 Å². The summed E-state index contributed by atoms with van der Waals surface area (Å²) in [5.74, 6) is 0. The molecular weight excluding hydrogens is 113 g/mol. The van der Waals surface area contributed by atoms with Crippen molar-refractivity contribution < 1.29 is 20.1 Å². The van der Waals surface area contributed by atoms with Gasteiger partial charge in [0.15, 0.2) is 6.29 Å². The topological polar surface area (TPSA) is 69.9 Å². The predicted octanol–water partition coefficient (Wildman–Crippen LogP) is -1.94. The summed E-state index contributed by atoms with van der Waals surface area (Å²) in [6.45, 7) is 0.0162. The first-order valence-electron chi connectivity index (χ1n) is 2.37. The molecule has 0 aromatic carbocycles. The van der Waals surface area contributed by atoms with E-state index in [1.165, 1.54) is 0 Å². The fraction of sp³-hybridized carbons (Fsp3) is 1.00. The molecule has 4 nitrogen and oxygen atoms in total. The lowest BCUT2D eigenvalue weighted by Gasteiger charge is -2.06. The highest BCUT2D eigenvalue weighted by molar-refractivity contribution is 4.75. The highest BCUT2D eigenvalue weighted by Crippen LogP contribution is 2.10. The van der Waals surface area contributed by atoms with E-state index in [0.29, 0.717) is 0 Å². The molecule has 3 N–H and O–H groups in total. The Balaban J connectivity index is 2.44. The molecule has 4 heteroatoms. The van der Waals surface area contributed by atoms with E-state index in [1.807, 2.05) is 0 Å². The molecule has 0 spiro atoms. The van der Waals surface area contributed by atoms with Gasteiger partial charge in [-0.3, -0.25) is 0 Å². The Labute approximate surface area is 46.3 Å². The fourth-order valence-electron chi connectivity index (χ4n) is 0.584. The summed E-state index contributed by atoms with van der Waals surface area (Å²) < 4.78 is 4.43. The van der Waals surface area contributed by atoms with Crippen LogP contribution in [0.1, 0.15) is 0 Å². The van der Waals surface area contributed by atoms with Crippen LogP contribution in [0.2, 0.25) is 0 Å². The highest BCUT2D eigenvalue weighted by Gasteiger charge is 2.32. The minimum Gasteiger partial charge on any atom is -0.388 e. The molecule has 8 heavy (non-hydrogen) atoms. The standard InChI is InChI=1S/C4H8O4/c5-2-1-8-4(7)3(2)6/h2-7H,1H2/t2-,3+,4?/m1/s1/i1+1. The maximum absolute atomic E-state index is 8.64. The molecular formula is C4H8O4. The molecule has 3 atom stereocenters. The van der Waals surface area contributed by atoms with E-state index in [2.05, 4.69) is 4.74 Å². The summed E-state index contributed by atoms with van der Waals surface area (Å²) in [7, 11) is 0. The molecule has 1 rings (SSSR count). The summed E-state index contributed by atoms with van der Waals surface area (Å²) in [6, 6.07) is 0.